The van der Waals surface area contributed by atoms with E-state index in [-0.39, 0.29) is 11.4 Å². The Morgan fingerprint density at radius 3 is 2.63 bits per heavy atom. The molecule has 0 aliphatic carbocycles. The average Bonchev–Trinajstić information content (AvgIpc) is 2.71. The number of hydrogen-bond donors (Lipinski definition) is 1. The summed E-state index contributed by atoms with van der Waals surface area (Å²) in [6.07, 6.45) is 0. The Bertz CT molecular complexity index is 677. The molecule has 0 spiro atoms. The second-order valence-corrected chi connectivity index (χ2v) is 3.92. The van der Waals surface area contributed by atoms with Crippen LogP contribution in [0, 0.1) is 24.0 Å². The molecule has 0 fully saturated rings. The molecule has 0 bridgehead atoms. The Balaban J connectivity index is 2.63. The third kappa shape index (κ3) is 2.03. The number of carbonyl (C=O) groups is 1. The van der Waals surface area contributed by atoms with E-state index in [2.05, 4.69) is 10.3 Å². The highest BCUT2D eigenvalue weighted by atomic mass is 16.6. The zero-order valence-electron chi connectivity index (χ0n) is 10.2. The normalized spacial score (nSPS) is 10.4. The molecule has 19 heavy (non-hydrogen) atoms. The van der Waals surface area contributed by atoms with Crippen LogP contribution in [0.3, 0.4) is 0 Å². The third-order valence-corrected chi connectivity index (χ3v) is 2.80. The van der Waals surface area contributed by atoms with E-state index in [1.165, 1.54) is 16.8 Å². The van der Waals surface area contributed by atoms with Crippen molar-refractivity contribution in [2.45, 2.75) is 13.8 Å². The van der Waals surface area contributed by atoms with Gasteiger partial charge in [-0.2, -0.15) is 0 Å². The number of nitrogens with zero attached hydrogens (tertiary/aromatic N) is 4. The first-order valence-electron chi connectivity index (χ1n) is 5.33. The number of aromatic carboxylic acids is 1. The van der Waals surface area contributed by atoms with Gasteiger partial charge in [-0.25, -0.2) is 9.48 Å². The van der Waals surface area contributed by atoms with E-state index in [1.807, 2.05) is 0 Å². The second-order valence-electron chi connectivity index (χ2n) is 3.92. The van der Waals surface area contributed by atoms with E-state index < -0.39 is 10.9 Å². The molecule has 1 aromatic heterocycles. The second kappa shape index (κ2) is 4.48. The Labute approximate surface area is 107 Å². The highest BCUT2D eigenvalue weighted by Crippen LogP contribution is 2.24. The van der Waals surface area contributed by atoms with Crippen molar-refractivity contribution in [3.05, 3.63) is 45.3 Å². The monoisotopic (exact) mass is 262 g/mol. The van der Waals surface area contributed by atoms with Crippen LogP contribution in [0.15, 0.2) is 18.2 Å². The van der Waals surface area contributed by atoms with Gasteiger partial charge in [0.2, 0.25) is 0 Å². The lowest BCUT2D eigenvalue weighted by Crippen LogP contribution is -2.05. The van der Waals surface area contributed by atoms with E-state index in [1.54, 1.807) is 19.9 Å². The van der Waals surface area contributed by atoms with Gasteiger partial charge in [-0.3, -0.25) is 10.1 Å². The molecule has 1 aromatic carbocycles. The van der Waals surface area contributed by atoms with Crippen molar-refractivity contribution < 1.29 is 14.8 Å². The molecule has 0 unspecified atom stereocenters. The van der Waals surface area contributed by atoms with E-state index in [0.717, 1.165) is 0 Å². The molecule has 0 amide bonds. The van der Waals surface area contributed by atoms with Gasteiger partial charge in [0.15, 0.2) is 5.69 Å². The van der Waals surface area contributed by atoms with Crippen molar-refractivity contribution in [2.24, 2.45) is 0 Å². The van der Waals surface area contributed by atoms with Crippen LogP contribution in [0.2, 0.25) is 0 Å². The molecular weight excluding hydrogens is 252 g/mol. The lowest BCUT2D eigenvalue weighted by molar-refractivity contribution is -0.385. The van der Waals surface area contributed by atoms with Gasteiger partial charge in [0.25, 0.3) is 5.69 Å². The first-order chi connectivity index (χ1) is 8.93. The van der Waals surface area contributed by atoms with Crippen molar-refractivity contribution in [1.29, 1.82) is 0 Å². The number of carboxylic acid groups (broad SMARTS) is 1. The van der Waals surface area contributed by atoms with Crippen molar-refractivity contribution in [3.8, 4) is 5.69 Å². The van der Waals surface area contributed by atoms with Gasteiger partial charge in [0.05, 0.1) is 21.9 Å². The molecule has 0 saturated heterocycles. The summed E-state index contributed by atoms with van der Waals surface area (Å²) in [6, 6.07) is 4.51. The van der Waals surface area contributed by atoms with Crippen molar-refractivity contribution in [3.63, 3.8) is 0 Å². The Morgan fingerprint density at radius 1 is 1.42 bits per heavy atom. The number of hydrogen-bond acceptors (Lipinski definition) is 5. The number of carboxylic acids is 1. The zero-order valence-corrected chi connectivity index (χ0v) is 10.2. The summed E-state index contributed by atoms with van der Waals surface area (Å²) in [4.78, 5) is 21.3. The average molecular weight is 262 g/mol. The van der Waals surface area contributed by atoms with Gasteiger partial charge in [0.1, 0.15) is 0 Å². The fourth-order valence-electron chi connectivity index (χ4n) is 1.79. The van der Waals surface area contributed by atoms with Gasteiger partial charge >= 0.3 is 5.97 Å². The van der Waals surface area contributed by atoms with Gasteiger partial charge in [-0.1, -0.05) is 11.3 Å². The molecule has 0 radical (unpaired) electrons. The highest BCUT2D eigenvalue weighted by Gasteiger charge is 2.20. The summed E-state index contributed by atoms with van der Waals surface area (Å²) in [5, 5.41) is 27.1. The first kappa shape index (κ1) is 12.7. The van der Waals surface area contributed by atoms with Crippen LogP contribution in [-0.2, 0) is 0 Å². The minimum absolute atomic E-state index is 0.0516. The number of benzene rings is 1. The topological polar surface area (TPSA) is 111 Å². The molecule has 8 heteroatoms. The Morgan fingerprint density at radius 2 is 2.11 bits per heavy atom. The molecule has 1 heterocycles. The molecular formula is C11H10N4O4. The Hall–Kier alpha value is -2.77. The lowest BCUT2D eigenvalue weighted by atomic mass is 10.1. The van der Waals surface area contributed by atoms with E-state index in [0.29, 0.717) is 16.9 Å². The molecule has 98 valence electrons. The smallest absolute Gasteiger partial charge is 0.358 e. The summed E-state index contributed by atoms with van der Waals surface area (Å²) < 4.78 is 1.28. The highest BCUT2D eigenvalue weighted by molar-refractivity contribution is 5.86. The van der Waals surface area contributed by atoms with Gasteiger partial charge < -0.3 is 5.11 Å². The van der Waals surface area contributed by atoms with E-state index in [4.69, 9.17) is 5.11 Å². The molecule has 0 aliphatic rings. The van der Waals surface area contributed by atoms with Crippen LogP contribution >= 0.6 is 0 Å². The minimum Gasteiger partial charge on any atom is -0.476 e. The maximum absolute atomic E-state index is 10.9. The minimum atomic E-state index is -1.19. The summed E-state index contributed by atoms with van der Waals surface area (Å²) >= 11 is 0. The van der Waals surface area contributed by atoms with Gasteiger partial charge in [-0.15, -0.1) is 5.10 Å². The molecule has 8 nitrogen and oxygen atoms in total. The van der Waals surface area contributed by atoms with Crippen LogP contribution in [-0.4, -0.2) is 31.0 Å². The third-order valence-electron chi connectivity index (χ3n) is 2.80. The molecule has 0 saturated carbocycles. The summed E-state index contributed by atoms with van der Waals surface area (Å²) in [5.74, 6) is -1.19. The van der Waals surface area contributed by atoms with Crippen LogP contribution < -0.4 is 0 Å². The Kier molecular flexibility index (Phi) is 2.99. The molecule has 0 atom stereocenters. The van der Waals surface area contributed by atoms with Crippen molar-refractivity contribution in [2.75, 3.05) is 0 Å². The maximum Gasteiger partial charge on any atom is 0.358 e. The predicted octanol–water partition coefficient (Wildman–Crippen LogP) is 1.49. The molecule has 2 aromatic rings. The molecule has 0 aliphatic heterocycles. The van der Waals surface area contributed by atoms with E-state index >= 15 is 0 Å². The maximum atomic E-state index is 10.9. The molecule has 1 N–H and O–H groups in total. The SMILES string of the molecule is Cc1c(-n2nnc(C(=O)O)c2C)cccc1[N+](=O)[O-]. The van der Waals surface area contributed by atoms with E-state index in [9.17, 15) is 14.9 Å². The standard InChI is InChI=1S/C11H10N4O4/c1-6-8(4-3-5-9(6)15(18)19)14-7(2)10(11(16)17)12-13-14/h3-5H,1-2H3,(H,16,17). The van der Waals surface area contributed by atoms with Gasteiger partial charge in [0, 0.05) is 6.07 Å². The first-order valence-corrected chi connectivity index (χ1v) is 5.33. The van der Waals surface area contributed by atoms with Crippen LogP contribution in [0.5, 0.6) is 0 Å². The predicted molar refractivity (Wildman–Crippen MR) is 64.4 cm³/mol. The summed E-state index contributed by atoms with van der Waals surface area (Å²) in [5.41, 5.74) is 0.926. The summed E-state index contributed by atoms with van der Waals surface area (Å²) in [7, 11) is 0. The molecule has 2 rings (SSSR count). The fourth-order valence-corrected chi connectivity index (χ4v) is 1.79. The number of aromatic nitrogens is 3. The van der Waals surface area contributed by atoms with Crippen molar-refractivity contribution in [1.82, 2.24) is 15.0 Å². The van der Waals surface area contributed by atoms with Crippen LogP contribution in [0.4, 0.5) is 5.69 Å². The zero-order chi connectivity index (χ0) is 14.2. The van der Waals surface area contributed by atoms with Gasteiger partial charge in [-0.05, 0) is 19.9 Å². The van der Waals surface area contributed by atoms with Crippen LogP contribution in [0.1, 0.15) is 21.7 Å². The quantitative estimate of drug-likeness (QED) is 0.662. The lowest BCUT2D eigenvalue weighted by Gasteiger charge is -2.07. The largest absolute Gasteiger partial charge is 0.476 e. The number of nitro benzene ring substituents is 1. The number of rotatable bonds is 3. The summed E-state index contributed by atoms with van der Waals surface area (Å²) in [6.45, 7) is 3.12. The van der Waals surface area contributed by atoms with Crippen LogP contribution in [0.25, 0.3) is 5.69 Å². The fraction of sp³-hybridized carbons (Fsp3) is 0.182. The number of nitro groups is 1. The van der Waals surface area contributed by atoms with Crippen molar-refractivity contribution >= 4 is 11.7 Å².